The number of ether oxygens (including phenoxy) is 1. The number of piperidine rings is 1. The first-order valence-electron chi connectivity index (χ1n) is 11.8. The molecule has 0 atom stereocenters. The third kappa shape index (κ3) is 4.59. The topological polar surface area (TPSA) is 83.2 Å². The highest BCUT2D eigenvalue weighted by Gasteiger charge is 2.36. The van der Waals surface area contributed by atoms with E-state index in [1.807, 2.05) is 0 Å². The summed E-state index contributed by atoms with van der Waals surface area (Å²) in [6, 6.07) is 8.91. The summed E-state index contributed by atoms with van der Waals surface area (Å²) < 4.78 is 54.0. The van der Waals surface area contributed by atoms with Crippen LogP contribution in [0.3, 0.4) is 0 Å². The van der Waals surface area contributed by atoms with Gasteiger partial charge in [-0.3, -0.25) is 9.69 Å². The Morgan fingerprint density at radius 2 is 1.86 bits per heavy atom. The molecule has 0 unspecified atom stereocenters. The van der Waals surface area contributed by atoms with Crippen LogP contribution in [0, 0.1) is 5.82 Å². The van der Waals surface area contributed by atoms with Crippen molar-refractivity contribution in [2.45, 2.75) is 44.1 Å². The lowest BCUT2D eigenvalue weighted by Gasteiger charge is -2.31. The van der Waals surface area contributed by atoms with Gasteiger partial charge in [-0.25, -0.2) is 18.0 Å². The van der Waals surface area contributed by atoms with Gasteiger partial charge in [-0.1, -0.05) is 6.07 Å². The van der Waals surface area contributed by atoms with Gasteiger partial charge in [0.25, 0.3) is 11.8 Å². The summed E-state index contributed by atoms with van der Waals surface area (Å²) in [5.74, 6) is -3.44. The number of hydrogen-bond donors (Lipinski definition) is 1. The molecule has 2 amide bonds. The van der Waals surface area contributed by atoms with Crippen molar-refractivity contribution in [3.8, 4) is 16.9 Å². The first kappa shape index (κ1) is 24.0. The largest absolute Gasteiger partial charge is 0.486 e. The van der Waals surface area contributed by atoms with Gasteiger partial charge < -0.3 is 19.2 Å². The molecule has 0 radical (unpaired) electrons. The van der Waals surface area contributed by atoms with Crippen LogP contribution < -0.4 is 9.64 Å². The highest BCUT2D eigenvalue weighted by Crippen LogP contribution is 2.40. The fraction of sp³-hybridized carbons (Fsp3) is 0.385. The monoisotopic (exact) mass is 502 g/mol. The molecule has 1 saturated heterocycles. The predicted octanol–water partition coefficient (Wildman–Crippen LogP) is 6.16. The average molecular weight is 502 g/mol. The van der Waals surface area contributed by atoms with Gasteiger partial charge in [0.2, 0.25) is 5.88 Å². The summed E-state index contributed by atoms with van der Waals surface area (Å²) in [6.45, 7) is -0.164. The standard InChI is InChI=1S/C26H25F3N2O5/c1-30(25(33)34)22-14-17-11-16(13-21(23(17)36-22)35-18-3-2-4-18)19-6-5-15(12-20(19)27)24(32)31-9-7-26(28,29)8-10-31/h5-6,11-14,18H,2-4,7-10H2,1H3,(H,33,34). The van der Waals surface area contributed by atoms with E-state index in [1.54, 1.807) is 18.2 Å². The third-order valence-corrected chi connectivity index (χ3v) is 6.84. The maximum atomic E-state index is 15.3. The zero-order chi connectivity index (χ0) is 25.6. The number of halogens is 3. The highest BCUT2D eigenvalue weighted by molar-refractivity contribution is 5.96. The Morgan fingerprint density at radius 1 is 1.14 bits per heavy atom. The Hall–Kier alpha value is -3.69. The molecule has 1 aliphatic carbocycles. The van der Waals surface area contributed by atoms with E-state index < -0.39 is 36.6 Å². The summed E-state index contributed by atoms with van der Waals surface area (Å²) in [7, 11) is 1.35. The number of fused-ring (bicyclic) bond motifs is 1. The van der Waals surface area contributed by atoms with E-state index in [1.165, 1.54) is 24.1 Å². The van der Waals surface area contributed by atoms with Crippen LogP contribution in [0.1, 0.15) is 42.5 Å². The van der Waals surface area contributed by atoms with E-state index in [9.17, 15) is 23.5 Å². The van der Waals surface area contributed by atoms with Crippen molar-refractivity contribution in [1.29, 1.82) is 0 Å². The van der Waals surface area contributed by atoms with Crippen molar-refractivity contribution in [2.24, 2.45) is 0 Å². The summed E-state index contributed by atoms with van der Waals surface area (Å²) in [4.78, 5) is 26.4. The summed E-state index contributed by atoms with van der Waals surface area (Å²) in [5.41, 5.74) is 1.13. The second-order valence-electron chi connectivity index (χ2n) is 9.33. The van der Waals surface area contributed by atoms with Crippen molar-refractivity contribution < 1.29 is 37.0 Å². The summed E-state index contributed by atoms with van der Waals surface area (Å²) in [6.07, 6.45) is 0.775. The van der Waals surface area contributed by atoms with Gasteiger partial charge in [0.1, 0.15) is 5.82 Å². The van der Waals surface area contributed by atoms with E-state index in [0.717, 1.165) is 30.2 Å². The zero-order valence-corrected chi connectivity index (χ0v) is 19.6. The van der Waals surface area contributed by atoms with Crippen LogP contribution >= 0.6 is 0 Å². The number of benzene rings is 2. The molecule has 36 heavy (non-hydrogen) atoms. The molecule has 1 N–H and O–H groups in total. The third-order valence-electron chi connectivity index (χ3n) is 6.84. The molecule has 5 rings (SSSR count). The van der Waals surface area contributed by atoms with Gasteiger partial charge in [0.05, 0.1) is 6.10 Å². The Labute approximate surface area is 205 Å². The van der Waals surface area contributed by atoms with Crippen molar-refractivity contribution >= 4 is 28.9 Å². The molecular formula is C26H25F3N2O5. The van der Waals surface area contributed by atoms with Gasteiger partial charge in [0, 0.05) is 55.6 Å². The SMILES string of the molecule is CN(C(=O)O)c1cc2cc(-c3ccc(C(=O)N4CCC(F)(F)CC4)cc3F)cc(OC3CCC3)c2o1. The van der Waals surface area contributed by atoms with Crippen LogP contribution in [-0.4, -0.2) is 54.2 Å². The fourth-order valence-electron chi connectivity index (χ4n) is 4.38. The van der Waals surface area contributed by atoms with Crippen LogP contribution in [0.4, 0.5) is 23.8 Å². The lowest BCUT2D eigenvalue weighted by molar-refractivity contribution is -0.0494. The van der Waals surface area contributed by atoms with Crippen molar-refractivity contribution in [1.82, 2.24) is 4.90 Å². The van der Waals surface area contributed by atoms with Gasteiger partial charge in [-0.05, 0) is 49.1 Å². The number of nitrogens with zero attached hydrogens (tertiary/aromatic N) is 2. The molecule has 3 aromatic rings. The molecule has 2 heterocycles. The first-order chi connectivity index (χ1) is 17.1. The molecule has 7 nitrogen and oxygen atoms in total. The fourth-order valence-corrected chi connectivity index (χ4v) is 4.38. The minimum atomic E-state index is -2.78. The smallest absolute Gasteiger partial charge is 0.413 e. The number of likely N-dealkylation sites (tertiary alicyclic amines) is 1. The van der Waals surface area contributed by atoms with E-state index in [4.69, 9.17) is 9.15 Å². The molecule has 1 saturated carbocycles. The Morgan fingerprint density at radius 3 is 2.47 bits per heavy atom. The molecule has 0 spiro atoms. The van der Waals surface area contributed by atoms with Gasteiger partial charge >= 0.3 is 6.09 Å². The minimum Gasteiger partial charge on any atom is -0.486 e. The number of rotatable bonds is 5. The van der Waals surface area contributed by atoms with Gasteiger partial charge in [-0.15, -0.1) is 0 Å². The lowest BCUT2D eigenvalue weighted by Crippen LogP contribution is -2.42. The van der Waals surface area contributed by atoms with Crippen molar-refractivity contribution in [3.05, 3.63) is 47.8 Å². The number of hydrogen-bond acceptors (Lipinski definition) is 4. The first-order valence-corrected chi connectivity index (χ1v) is 11.8. The Balaban J connectivity index is 1.47. The molecule has 0 bridgehead atoms. The second kappa shape index (κ2) is 9.07. The van der Waals surface area contributed by atoms with Crippen molar-refractivity contribution in [2.75, 3.05) is 25.0 Å². The number of carbonyl (C=O) groups excluding carboxylic acids is 1. The molecule has 2 aliphatic rings. The van der Waals surface area contributed by atoms with Crippen LogP contribution in [0.5, 0.6) is 5.75 Å². The molecule has 2 fully saturated rings. The minimum absolute atomic E-state index is 0.00373. The van der Waals surface area contributed by atoms with Crippen LogP contribution in [-0.2, 0) is 0 Å². The summed E-state index contributed by atoms with van der Waals surface area (Å²) in [5, 5.41) is 9.84. The lowest BCUT2D eigenvalue weighted by atomic mass is 9.96. The number of carbonyl (C=O) groups is 2. The number of anilines is 1. The van der Waals surface area contributed by atoms with E-state index in [2.05, 4.69) is 0 Å². The Bertz CT molecular complexity index is 1320. The molecule has 190 valence electrons. The van der Waals surface area contributed by atoms with Crippen molar-refractivity contribution in [3.63, 3.8) is 0 Å². The quantitative estimate of drug-likeness (QED) is 0.452. The number of furan rings is 1. The normalized spacial score (nSPS) is 17.6. The van der Waals surface area contributed by atoms with Crippen LogP contribution in [0.25, 0.3) is 22.1 Å². The molecule has 1 aliphatic heterocycles. The van der Waals surface area contributed by atoms with Gasteiger partial charge in [0.15, 0.2) is 11.3 Å². The van der Waals surface area contributed by atoms with E-state index in [-0.39, 0.29) is 36.2 Å². The summed E-state index contributed by atoms with van der Waals surface area (Å²) >= 11 is 0. The Kier molecular flexibility index (Phi) is 6.05. The molecular weight excluding hydrogens is 477 g/mol. The zero-order valence-electron chi connectivity index (χ0n) is 19.6. The molecule has 2 aromatic carbocycles. The molecule has 10 heteroatoms. The van der Waals surface area contributed by atoms with Gasteiger partial charge in [-0.2, -0.15) is 0 Å². The predicted molar refractivity (Wildman–Crippen MR) is 126 cm³/mol. The maximum Gasteiger partial charge on any atom is 0.413 e. The second-order valence-corrected chi connectivity index (χ2v) is 9.33. The van der Waals surface area contributed by atoms with Crippen LogP contribution in [0.15, 0.2) is 40.8 Å². The van der Waals surface area contributed by atoms with Crippen LogP contribution in [0.2, 0.25) is 0 Å². The number of alkyl halides is 2. The maximum absolute atomic E-state index is 15.3. The highest BCUT2D eigenvalue weighted by atomic mass is 19.3. The average Bonchev–Trinajstić information content (AvgIpc) is 3.24. The van der Waals surface area contributed by atoms with E-state index in [0.29, 0.717) is 22.3 Å². The van der Waals surface area contributed by atoms with E-state index >= 15 is 4.39 Å². The molecule has 1 aromatic heterocycles. The number of carboxylic acid groups (broad SMARTS) is 1. The number of amides is 2.